The van der Waals surface area contributed by atoms with Gasteiger partial charge in [-0.2, -0.15) is 4.98 Å². The Labute approximate surface area is 164 Å². The SMILES string of the molecule is COc1ccccc1-c1nc(S(=O)(=O)c2ccccc2)c(N2CCCCC2)o1. The van der Waals surface area contributed by atoms with Crippen molar-refractivity contribution in [1.82, 2.24) is 4.98 Å². The molecule has 146 valence electrons. The van der Waals surface area contributed by atoms with Crippen LogP contribution in [0.1, 0.15) is 19.3 Å². The largest absolute Gasteiger partial charge is 0.496 e. The molecule has 0 atom stereocenters. The minimum Gasteiger partial charge on any atom is -0.496 e. The second kappa shape index (κ2) is 7.67. The van der Waals surface area contributed by atoms with E-state index in [9.17, 15) is 8.42 Å². The lowest BCUT2D eigenvalue weighted by Crippen LogP contribution is -2.30. The zero-order valence-corrected chi connectivity index (χ0v) is 16.5. The Morgan fingerprint density at radius 1 is 0.964 bits per heavy atom. The molecule has 0 radical (unpaired) electrons. The number of aromatic nitrogens is 1. The zero-order chi connectivity index (χ0) is 19.6. The van der Waals surface area contributed by atoms with Crippen LogP contribution >= 0.6 is 0 Å². The Morgan fingerprint density at radius 2 is 1.64 bits per heavy atom. The summed E-state index contributed by atoms with van der Waals surface area (Å²) >= 11 is 0. The van der Waals surface area contributed by atoms with Gasteiger partial charge in [-0.15, -0.1) is 0 Å². The minimum atomic E-state index is -3.81. The highest BCUT2D eigenvalue weighted by Gasteiger charge is 2.32. The number of rotatable bonds is 5. The van der Waals surface area contributed by atoms with Gasteiger partial charge in [0.1, 0.15) is 5.75 Å². The van der Waals surface area contributed by atoms with Crippen LogP contribution in [0.25, 0.3) is 11.5 Å². The summed E-state index contributed by atoms with van der Waals surface area (Å²) < 4.78 is 38.1. The molecule has 1 aliphatic rings. The molecular formula is C21H22N2O4S. The van der Waals surface area contributed by atoms with Crippen LogP contribution < -0.4 is 9.64 Å². The van der Waals surface area contributed by atoms with Gasteiger partial charge in [0.05, 0.1) is 17.6 Å². The lowest BCUT2D eigenvalue weighted by atomic mass is 10.1. The van der Waals surface area contributed by atoms with E-state index in [2.05, 4.69) is 4.98 Å². The third-order valence-electron chi connectivity index (χ3n) is 4.87. The molecule has 0 bridgehead atoms. The molecule has 28 heavy (non-hydrogen) atoms. The van der Waals surface area contributed by atoms with Crippen molar-refractivity contribution >= 4 is 15.7 Å². The highest BCUT2D eigenvalue weighted by Crippen LogP contribution is 2.38. The quantitative estimate of drug-likeness (QED) is 0.642. The molecule has 1 saturated heterocycles. The average Bonchev–Trinajstić information content (AvgIpc) is 3.21. The number of hydrogen-bond acceptors (Lipinski definition) is 6. The number of nitrogens with zero attached hydrogens (tertiary/aromatic N) is 2. The van der Waals surface area contributed by atoms with E-state index in [1.165, 1.54) is 0 Å². The third-order valence-corrected chi connectivity index (χ3v) is 6.54. The summed E-state index contributed by atoms with van der Waals surface area (Å²) in [5, 5.41) is -0.0403. The van der Waals surface area contributed by atoms with E-state index in [1.807, 2.05) is 23.1 Å². The normalized spacial score (nSPS) is 14.8. The molecule has 6 nitrogen and oxygen atoms in total. The molecular weight excluding hydrogens is 376 g/mol. The van der Waals surface area contributed by atoms with Crippen LogP contribution in [0.3, 0.4) is 0 Å². The maximum Gasteiger partial charge on any atom is 0.236 e. The highest BCUT2D eigenvalue weighted by molar-refractivity contribution is 7.91. The van der Waals surface area contributed by atoms with Crippen molar-refractivity contribution in [2.45, 2.75) is 29.2 Å². The first-order valence-corrected chi connectivity index (χ1v) is 10.8. The topological polar surface area (TPSA) is 72.6 Å². The predicted octanol–water partition coefficient (Wildman–Crippen LogP) is 4.17. The maximum absolute atomic E-state index is 13.3. The number of oxazole rings is 1. The van der Waals surface area contributed by atoms with Gasteiger partial charge in [-0.1, -0.05) is 30.3 Å². The van der Waals surface area contributed by atoms with Gasteiger partial charge in [0.25, 0.3) is 0 Å². The Hall–Kier alpha value is -2.80. The average molecular weight is 398 g/mol. The van der Waals surface area contributed by atoms with Crippen LogP contribution in [0.5, 0.6) is 5.75 Å². The molecule has 1 fully saturated rings. The van der Waals surface area contributed by atoms with E-state index >= 15 is 0 Å². The van der Waals surface area contributed by atoms with Gasteiger partial charge in [-0.3, -0.25) is 0 Å². The molecule has 4 rings (SSSR count). The molecule has 0 unspecified atom stereocenters. The van der Waals surface area contributed by atoms with Gasteiger partial charge in [-0.05, 0) is 43.5 Å². The number of methoxy groups -OCH3 is 1. The summed E-state index contributed by atoms with van der Waals surface area (Å²) in [6, 6.07) is 15.6. The van der Waals surface area contributed by atoms with Crippen LogP contribution in [0, 0.1) is 0 Å². The maximum atomic E-state index is 13.3. The van der Waals surface area contributed by atoms with Gasteiger partial charge < -0.3 is 14.1 Å². The summed E-state index contributed by atoms with van der Waals surface area (Å²) in [6.45, 7) is 1.50. The van der Waals surface area contributed by atoms with Crippen LogP contribution in [-0.2, 0) is 9.84 Å². The zero-order valence-electron chi connectivity index (χ0n) is 15.7. The van der Waals surface area contributed by atoms with Crippen molar-refractivity contribution in [3.8, 4) is 17.2 Å². The predicted molar refractivity (Wildman–Crippen MR) is 106 cm³/mol. The second-order valence-electron chi connectivity index (χ2n) is 6.69. The highest BCUT2D eigenvalue weighted by atomic mass is 32.2. The van der Waals surface area contributed by atoms with Crippen molar-refractivity contribution in [3.63, 3.8) is 0 Å². The van der Waals surface area contributed by atoms with Crippen LogP contribution in [0.2, 0.25) is 0 Å². The second-order valence-corrected chi connectivity index (χ2v) is 8.56. The third kappa shape index (κ3) is 3.38. The molecule has 1 aromatic heterocycles. The lowest BCUT2D eigenvalue weighted by molar-refractivity contribution is 0.414. The van der Waals surface area contributed by atoms with Crippen molar-refractivity contribution in [2.75, 3.05) is 25.1 Å². The molecule has 1 aliphatic heterocycles. The number of ether oxygens (including phenoxy) is 1. The number of piperidine rings is 1. The van der Waals surface area contributed by atoms with Crippen molar-refractivity contribution in [3.05, 3.63) is 54.6 Å². The van der Waals surface area contributed by atoms with Crippen molar-refractivity contribution in [1.29, 1.82) is 0 Å². The molecule has 0 N–H and O–H groups in total. The van der Waals surface area contributed by atoms with Gasteiger partial charge >= 0.3 is 0 Å². The molecule has 0 saturated carbocycles. The fourth-order valence-electron chi connectivity index (χ4n) is 3.42. The van der Waals surface area contributed by atoms with Crippen molar-refractivity contribution in [2.24, 2.45) is 0 Å². The fraction of sp³-hybridized carbons (Fsp3) is 0.286. The van der Waals surface area contributed by atoms with E-state index in [4.69, 9.17) is 9.15 Å². The smallest absolute Gasteiger partial charge is 0.236 e. The first-order chi connectivity index (χ1) is 13.6. The Balaban J connectivity index is 1.88. The Morgan fingerprint density at radius 3 is 2.36 bits per heavy atom. The number of anilines is 1. The molecule has 0 spiro atoms. The molecule has 0 aliphatic carbocycles. The number of para-hydroxylation sites is 1. The van der Waals surface area contributed by atoms with Gasteiger partial charge in [0.2, 0.25) is 26.6 Å². The van der Waals surface area contributed by atoms with Gasteiger partial charge in [-0.25, -0.2) is 8.42 Å². The van der Waals surface area contributed by atoms with Gasteiger partial charge in [0.15, 0.2) is 0 Å². The standard InChI is InChI=1S/C21H22N2O4S/c1-26-18-13-7-6-12-17(18)19-22-20(21(27-19)23-14-8-3-9-15-23)28(24,25)16-10-4-2-5-11-16/h2,4-7,10-13H,3,8-9,14-15H2,1H3. The molecule has 0 amide bonds. The summed E-state index contributed by atoms with van der Waals surface area (Å²) in [4.78, 5) is 6.62. The molecule has 7 heteroatoms. The van der Waals surface area contributed by atoms with E-state index in [0.717, 1.165) is 32.4 Å². The van der Waals surface area contributed by atoms with Crippen LogP contribution in [0.15, 0.2) is 68.9 Å². The number of benzene rings is 2. The van der Waals surface area contributed by atoms with E-state index in [1.54, 1.807) is 43.5 Å². The first kappa shape index (κ1) is 18.6. The van der Waals surface area contributed by atoms with Crippen molar-refractivity contribution < 1.29 is 17.6 Å². The molecule has 2 heterocycles. The minimum absolute atomic E-state index is 0.0403. The lowest BCUT2D eigenvalue weighted by Gasteiger charge is -2.26. The summed E-state index contributed by atoms with van der Waals surface area (Å²) in [5.41, 5.74) is 0.623. The monoisotopic (exact) mass is 398 g/mol. The van der Waals surface area contributed by atoms with E-state index < -0.39 is 9.84 Å². The summed E-state index contributed by atoms with van der Waals surface area (Å²) in [6.07, 6.45) is 3.12. The van der Waals surface area contributed by atoms with E-state index in [-0.39, 0.29) is 15.8 Å². The summed E-state index contributed by atoms with van der Waals surface area (Å²) in [7, 11) is -2.25. The molecule has 2 aromatic carbocycles. The number of hydrogen-bond donors (Lipinski definition) is 0. The van der Waals surface area contributed by atoms with Gasteiger partial charge in [0, 0.05) is 13.1 Å². The Kier molecular flexibility index (Phi) is 5.09. The summed E-state index contributed by atoms with van der Waals surface area (Å²) in [5.74, 6) is 1.13. The van der Waals surface area contributed by atoms with Crippen LogP contribution in [-0.4, -0.2) is 33.6 Å². The Bertz CT molecular complexity index is 1060. The fourth-order valence-corrected chi connectivity index (χ4v) is 4.76. The van der Waals surface area contributed by atoms with E-state index in [0.29, 0.717) is 17.2 Å². The first-order valence-electron chi connectivity index (χ1n) is 9.30. The molecule has 3 aromatic rings. The number of sulfone groups is 1. The van der Waals surface area contributed by atoms with Crippen LogP contribution in [0.4, 0.5) is 5.88 Å².